The fourth-order valence-corrected chi connectivity index (χ4v) is 2.63. The van der Waals surface area contributed by atoms with Crippen LogP contribution in [0.3, 0.4) is 0 Å². The molecule has 4 heteroatoms. The smallest absolute Gasteiger partial charge is 0.127 e. The van der Waals surface area contributed by atoms with E-state index in [2.05, 4.69) is 31.0 Å². The van der Waals surface area contributed by atoms with Gasteiger partial charge in [-0.15, -0.1) is 11.3 Å². The van der Waals surface area contributed by atoms with Crippen LogP contribution in [0.5, 0.6) is 5.75 Å². The highest BCUT2D eigenvalue weighted by molar-refractivity contribution is 7.12. The molecule has 98 valence electrons. The molecule has 0 saturated carbocycles. The zero-order valence-corrected chi connectivity index (χ0v) is 12.2. The number of benzene rings is 1. The zero-order valence-electron chi connectivity index (χ0n) is 11.4. The van der Waals surface area contributed by atoms with Crippen molar-refractivity contribution >= 4 is 11.3 Å². The standard InChI is InChI=1S/C15H16N2OS/c1-10-5-4-6-13(11(10)2)18-8-7-15-17-12(3)14(9-16)19-15/h4-6H,7-8H2,1-3H3. The van der Waals surface area contributed by atoms with Gasteiger partial charge in [-0.1, -0.05) is 12.1 Å². The van der Waals surface area contributed by atoms with Gasteiger partial charge in [-0.05, 0) is 38.0 Å². The monoisotopic (exact) mass is 272 g/mol. The number of ether oxygens (including phenoxy) is 1. The van der Waals surface area contributed by atoms with Crippen molar-refractivity contribution in [2.75, 3.05) is 6.61 Å². The molecule has 0 aliphatic rings. The summed E-state index contributed by atoms with van der Waals surface area (Å²) in [4.78, 5) is 5.06. The molecule has 2 aromatic rings. The lowest BCUT2D eigenvalue weighted by Gasteiger charge is -2.09. The summed E-state index contributed by atoms with van der Waals surface area (Å²) in [6, 6.07) is 8.21. The topological polar surface area (TPSA) is 45.9 Å². The van der Waals surface area contributed by atoms with Gasteiger partial charge >= 0.3 is 0 Å². The second-order valence-corrected chi connectivity index (χ2v) is 5.51. The lowest BCUT2D eigenvalue weighted by atomic mass is 10.1. The fourth-order valence-electron chi connectivity index (χ4n) is 1.79. The fraction of sp³-hybridized carbons (Fsp3) is 0.333. The van der Waals surface area contributed by atoms with Crippen LogP contribution in [-0.2, 0) is 6.42 Å². The lowest BCUT2D eigenvalue weighted by molar-refractivity contribution is 0.319. The van der Waals surface area contributed by atoms with E-state index in [0.29, 0.717) is 11.5 Å². The van der Waals surface area contributed by atoms with Crippen LogP contribution in [0, 0.1) is 32.1 Å². The van der Waals surface area contributed by atoms with Crippen molar-refractivity contribution in [3.05, 3.63) is 44.9 Å². The predicted octanol–water partition coefficient (Wildman–Crippen LogP) is 3.56. The molecule has 1 heterocycles. The Morgan fingerprint density at radius 2 is 2.11 bits per heavy atom. The van der Waals surface area contributed by atoms with E-state index in [0.717, 1.165) is 22.9 Å². The third kappa shape index (κ3) is 3.12. The molecule has 1 aromatic heterocycles. The third-order valence-electron chi connectivity index (χ3n) is 3.07. The Morgan fingerprint density at radius 1 is 1.32 bits per heavy atom. The number of rotatable bonds is 4. The Morgan fingerprint density at radius 3 is 2.79 bits per heavy atom. The van der Waals surface area contributed by atoms with Gasteiger partial charge in [-0.3, -0.25) is 0 Å². The largest absolute Gasteiger partial charge is 0.493 e. The van der Waals surface area contributed by atoms with Crippen LogP contribution in [0.2, 0.25) is 0 Å². The van der Waals surface area contributed by atoms with Gasteiger partial charge in [0, 0.05) is 6.42 Å². The average molecular weight is 272 g/mol. The maximum Gasteiger partial charge on any atom is 0.127 e. The molecule has 0 aliphatic heterocycles. The van der Waals surface area contributed by atoms with Crippen LogP contribution in [0.1, 0.15) is 26.7 Å². The van der Waals surface area contributed by atoms with Gasteiger partial charge < -0.3 is 4.74 Å². The molecule has 0 saturated heterocycles. The van der Waals surface area contributed by atoms with Crippen LogP contribution in [-0.4, -0.2) is 11.6 Å². The zero-order chi connectivity index (χ0) is 13.8. The van der Waals surface area contributed by atoms with Crippen molar-refractivity contribution in [1.82, 2.24) is 4.98 Å². The Hall–Kier alpha value is -1.86. The van der Waals surface area contributed by atoms with Crippen molar-refractivity contribution in [2.45, 2.75) is 27.2 Å². The number of nitrogens with zero attached hydrogens (tertiary/aromatic N) is 2. The highest BCUT2D eigenvalue weighted by atomic mass is 32.1. The van der Waals surface area contributed by atoms with Crippen molar-refractivity contribution < 1.29 is 4.74 Å². The SMILES string of the molecule is Cc1cccc(OCCc2nc(C)c(C#N)s2)c1C. The molecule has 0 atom stereocenters. The van der Waals surface area contributed by atoms with E-state index in [9.17, 15) is 0 Å². The van der Waals surface area contributed by atoms with Crippen molar-refractivity contribution in [2.24, 2.45) is 0 Å². The van der Waals surface area contributed by atoms with E-state index in [4.69, 9.17) is 10.00 Å². The van der Waals surface area contributed by atoms with Crippen molar-refractivity contribution in [1.29, 1.82) is 5.26 Å². The third-order valence-corrected chi connectivity index (χ3v) is 4.19. The van der Waals surface area contributed by atoms with E-state index >= 15 is 0 Å². The van der Waals surface area contributed by atoms with E-state index in [1.165, 1.54) is 22.5 Å². The first kappa shape index (κ1) is 13.6. The minimum atomic E-state index is 0.585. The van der Waals surface area contributed by atoms with E-state index in [1.54, 1.807) is 0 Å². The maximum atomic E-state index is 8.89. The number of hydrogen-bond acceptors (Lipinski definition) is 4. The number of hydrogen-bond donors (Lipinski definition) is 0. The highest BCUT2D eigenvalue weighted by Gasteiger charge is 2.07. The molecule has 0 N–H and O–H groups in total. The van der Waals surface area contributed by atoms with Gasteiger partial charge in [-0.25, -0.2) is 4.98 Å². The summed E-state index contributed by atoms with van der Waals surface area (Å²) >= 11 is 1.45. The molecule has 0 radical (unpaired) electrons. The number of aryl methyl sites for hydroxylation is 2. The molecule has 0 amide bonds. The maximum absolute atomic E-state index is 8.89. The Balaban J connectivity index is 1.96. The summed E-state index contributed by atoms with van der Waals surface area (Å²) in [5, 5.41) is 9.85. The van der Waals surface area contributed by atoms with Crippen LogP contribution >= 0.6 is 11.3 Å². The molecule has 0 fully saturated rings. The van der Waals surface area contributed by atoms with Crippen LogP contribution in [0.15, 0.2) is 18.2 Å². The van der Waals surface area contributed by atoms with Gasteiger partial charge in [0.05, 0.1) is 17.3 Å². The Labute approximate surface area is 117 Å². The highest BCUT2D eigenvalue weighted by Crippen LogP contribution is 2.21. The minimum absolute atomic E-state index is 0.585. The Kier molecular flexibility index (Phi) is 4.18. The summed E-state index contributed by atoms with van der Waals surface area (Å²) in [6.07, 6.45) is 0.737. The number of aromatic nitrogens is 1. The quantitative estimate of drug-likeness (QED) is 0.855. The lowest BCUT2D eigenvalue weighted by Crippen LogP contribution is -2.02. The normalized spacial score (nSPS) is 10.2. The molecule has 19 heavy (non-hydrogen) atoms. The number of thiazole rings is 1. The summed E-state index contributed by atoms with van der Waals surface area (Å²) in [7, 11) is 0. The van der Waals surface area contributed by atoms with Gasteiger partial charge in [0.25, 0.3) is 0 Å². The predicted molar refractivity (Wildman–Crippen MR) is 76.7 cm³/mol. The molecule has 0 spiro atoms. The Bertz CT molecular complexity index is 626. The summed E-state index contributed by atoms with van der Waals surface area (Å²) < 4.78 is 5.79. The molecule has 0 unspecified atom stereocenters. The second kappa shape index (κ2) is 5.85. The van der Waals surface area contributed by atoms with Gasteiger partial charge in [-0.2, -0.15) is 5.26 Å². The van der Waals surface area contributed by atoms with Crippen LogP contribution in [0.25, 0.3) is 0 Å². The van der Waals surface area contributed by atoms with Gasteiger partial charge in [0.2, 0.25) is 0 Å². The molecule has 0 aliphatic carbocycles. The van der Waals surface area contributed by atoms with Crippen molar-refractivity contribution in [3.63, 3.8) is 0 Å². The summed E-state index contributed by atoms with van der Waals surface area (Å²) in [5.41, 5.74) is 3.22. The van der Waals surface area contributed by atoms with Crippen LogP contribution < -0.4 is 4.74 Å². The average Bonchev–Trinajstić information content (AvgIpc) is 2.75. The van der Waals surface area contributed by atoms with Gasteiger partial charge in [0.1, 0.15) is 16.7 Å². The second-order valence-electron chi connectivity index (χ2n) is 4.43. The summed E-state index contributed by atoms with van der Waals surface area (Å²) in [6.45, 7) is 6.59. The first-order chi connectivity index (χ1) is 9.11. The molecule has 0 bridgehead atoms. The molecule has 3 nitrogen and oxygen atoms in total. The number of nitriles is 1. The summed E-state index contributed by atoms with van der Waals surface area (Å²) in [5.74, 6) is 0.925. The molecule has 2 rings (SSSR count). The van der Waals surface area contributed by atoms with E-state index in [1.807, 2.05) is 19.1 Å². The van der Waals surface area contributed by atoms with E-state index in [-0.39, 0.29) is 0 Å². The molecular weight excluding hydrogens is 256 g/mol. The first-order valence-corrected chi connectivity index (χ1v) is 6.99. The van der Waals surface area contributed by atoms with Crippen LogP contribution in [0.4, 0.5) is 0 Å². The first-order valence-electron chi connectivity index (χ1n) is 6.17. The molecule has 1 aromatic carbocycles. The minimum Gasteiger partial charge on any atom is -0.493 e. The van der Waals surface area contributed by atoms with Gasteiger partial charge in [0.15, 0.2) is 0 Å². The van der Waals surface area contributed by atoms with Crippen molar-refractivity contribution in [3.8, 4) is 11.8 Å². The van der Waals surface area contributed by atoms with E-state index < -0.39 is 0 Å². The molecular formula is C15H16N2OS.